The zero-order chi connectivity index (χ0) is 15.9. The van der Waals surface area contributed by atoms with E-state index in [4.69, 9.17) is 11.6 Å². The van der Waals surface area contributed by atoms with Gasteiger partial charge in [0.1, 0.15) is 0 Å². The molecule has 1 N–H and O–H groups in total. The van der Waals surface area contributed by atoms with Crippen LogP contribution in [0, 0.1) is 0 Å². The molecule has 0 bridgehead atoms. The van der Waals surface area contributed by atoms with Crippen LogP contribution >= 0.6 is 23.4 Å². The number of likely N-dealkylation sites (N-methyl/N-ethyl adjacent to an activating group) is 1. The summed E-state index contributed by atoms with van der Waals surface area (Å²) in [6.07, 6.45) is 2.01. The highest BCUT2D eigenvalue weighted by molar-refractivity contribution is 7.98. The topological polar surface area (TPSA) is 32.3 Å². The van der Waals surface area contributed by atoms with Crippen molar-refractivity contribution in [3.8, 4) is 0 Å². The number of halogens is 1. The first-order valence-electron chi connectivity index (χ1n) is 6.94. The molecule has 0 fully saturated rings. The highest BCUT2D eigenvalue weighted by Crippen LogP contribution is 2.19. The molecule has 1 amide bonds. The van der Waals surface area contributed by atoms with Crippen LogP contribution in [0.5, 0.6) is 0 Å². The van der Waals surface area contributed by atoms with Crippen molar-refractivity contribution in [1.82, 2.24) is 4.90 Å². The molecule has 5 heteroatoms. The number of hydrogen-bond donors (Lipinski definition) is 1. The van der Waals surface area contributed by atoms with Gasteiger partial charge in [0.2, 0.25) is 5.91 Å². The number of rotatable bonds is 6. The fourth-order valence-corrected chi connectivity index (χ4v) is 2.77. The standard InChI is InChI=1S/C17H19ClN2OS/c1-20(11-13-6-3-4-9-16(13)18)12-17(21)19-14-7-5-8-15(10-14)22-2/h3-10H,11-12H2,1-2H3,(H,19,21). The number of anilines is 1. The molecule has 0 aliphatic heterocycles. The number of amides is 1. The van der Waals surface area contributed by atoms with Gasteiger partial charge >= 0.3 is 0 Å². The van der Waals surface area contributed by atoms with E-state index in [1.165, 1.54) is 0 Å². The molecule has 116 valence electrons. The minimum absolute atomic E-state index is 0.0344. The maximum atomic E-state index is 12.1. The SMILES string of the molecule is CSc1cccc(NC(=O)CN(C)Cc2ccccc2Cl)c1. The smallest absolute Gasteiger partial charge is 0.238 e. The van der Waals surface area contributed by atoms with Crippen molar-refractivity contribution < 1.29 is 4.79 Å². The molecule has 0 saturated heterocycles. The van der Waals surface area contributed by atoms with Crippen LogP contribution in [-0.4, -0.2) is 30.7 Å². The number of carbonyl (C=O) groups excluding carboxylic acids is 1. The number of nitrogens with one attached hydrogen (secondary N) is 1. The van der Waals surface area contributed by atoms with Gasteiger partial charge in [-0.1, -0.05) is 35.9 Å². The van der Waals surface area contributed by atoms with Crippen LogP contribution in [0.2, 0.25) is 5.02 Å². The van der Waals surface area contributed by atoms with Crippen molar-refractivity contribution in [2.24, 2.45) is 0 Å². The van der Waals surface area contributed by atoms with E-state index in [-0.39, 0.29) is 5.91 Å². The molecule has 2 aromatic rings. The molecule has 0 aliphatic rings. The van der Waals surface area contributed by atoms with E-state index >= 15 is 0 Å². The van der Waals surface area contributed by atoms with Gasteiger partial charge in [-0.15, -0.1) is 11.8 Å². The van der Waals surface area contributed by atoms with Gasteiger partial charge in [-0.25, -0.2) is 0 Å². The summed E-state index contributed by atoms with van der Waals surface area (Å²) in [7, 11) is 1.90. The summed E-state index contributed by atoms with van der Waals surface area (Å²) < 4.78 is 0. The monoisotopic (exact) mass is 334 g/mol. The summed E-state index contributed by atoms with van der Waals surface area (Å²) >= 11 is 7.79. The first kappa shape index (κ1) is 16.9. The Labute approximate surface area is 140 Å². The Morgan fingerprint density at radius 2 is 2.00 bits per heavy atom. The average molecular weight is 335 g/mol. The van der Waals surface area contributed by atoms with Gasteiger partial charge in [-0.3, -0.25) is 9.69 Å². The second-order valence-electron chi connectivity index (χ2n) is 5.04. The van der Waals surface area contributed by atoms with Gasteiger partial charge in [0.05, 0.1) is 6.54 Å². The quantitative estimate of drug-likeness (QED) is 0.806. The predicted octanol–water partition coefficient (Wildman–Crippen LogP) is 4.13. The zero-order valence-corrected chi connectivity index (χ0v) is 14.2. The van der Waals surface area contributed by atoms with Crippen LogP contribution in [0.4, 0.5) is 5.69 Å². The maximum absolute atomic E-state index is 12.1. The van der Waals surface area contributed by atoms with Crippen molar-refractivity contribution in [2.45, 2.75) is 11.4 Å². The average Bonchev–Trinajstić information content (AvgIpc) is 2.49. The third-order valence-corrected chi connectivity index (χ3v) is 4.26. The first-order valence-corrected chi connectivity index (χ1v) is 8.54. The normalized spacial score (nSPS) is 10.7. The maximum Gasteiger partial charge on any atom is 0.238 e. The Kier molecular flexibility index (Phi) is 6.31. The molecule has 22 heavy (non-hydrogen) atoms. The van der Waals surface area contributed by atoms with Gasteiger partial charge in [0.25, 0.3) is 0 Å². The molecule has 0 saturated carbocycles. The molecule has 3 nitrogen and oxygen atoms in total. The van der Waals surface area contributed by atoms with E-state index in [1.807, 2.05) is 66.7 Å². The molecule has 0 heterocycles. The van der Waals surface area contributed by atoms with Crippen LogP contribution in [0.15, 0.2) is 53.4 Å². The summed E-state index contributed by atoms with van der Waals surface area (Å²) in [6, 6.07) is 15.5. The highest BCUT2D eigenvalue weighted by Gasteiger charge is 2.09. The Morgan fingerprint density at radius 1 is 1.23 bits per heavy atom. The highest BCUT2D eigenvalue weighted by atomic mass is 35.5. The van der Waals surface area contributed by atoms with Gasteiger partial charge in [-0.2, -0.15) is 0 Å². The molecular weight excluding hydrogens is 316 g/mol. The minimum Gasteiger partial charge on any atom is -0.325 e. The lowest BCUT2D eigenvalue weighted by Crippen LogP contribution is -2.29. The van der Waals surface area contributed by atoms with Crippen LogP contribution < -0.4 is 5.32 Å². The van der Waals surface area contributed by atoms with Crippen LogP contribution in [-0.2, 0) is 11.3 Å². The minimum atomic E-state index is -0.0344. The van der Waals surface area contributed by atoms with Crippen LogP contribution in [0.25, 0.3) is 0 Å². The van der Waals surface area contributed by atoms with Crippen LogP contribution in [0.3, 0.4) is 0 Å². The summed E-state index contributed by atoms with van der Waals surface area (Å²) in [5.41, 5.74) is 1.84. The number of benzene rings is 2. The van der Waals surface area contributed by atoms with Gasteiger partial charge in [-0.05, 0) is 43.1 Å². The van der Waals surface area contributed by atoms with E-state index in [0.29, 0.717) is 13.1 Å². The first-order chi connectivity index (χ1) is 10.6. The van der Waals surface area contributed by atoms with E-state index in [1.54, 1.807) is 11.8 Å². The Bertz CT molecular complexity index is 648. The third kappa shape index (κ3) is 5.05. The van der Waals surface area contributed by atoms with Crippen molar-refractivity contribution in [1.29, 1.82) is 0 Å². The van der Waals surface area contributed by atoms with Crippen molar-refractivity contribution in [3.05, 3.63) is 59.1 Å². The Hall–Kier alpha value is -1.49. The number of carbonyl (C=O) groups is 1. The molecule has 0 aromatic heterocycles. The molecule has 0 aliphatic carbocycles. The van der Waals surface area contributed by atoms with E-state index < -0.39 is 0 Å². The fraction of sp³-hybridized carbons (Fsp3) is 0.235. The number of thioether (sulfide) groups is 1. The van der Waals surface area contributed by atoms with Crippen molar-refractivity contribution >= 4 is 35.0 Å². The summed E-state index contributed by atoms with van der Waals surface area (Å²) in [5.74, 6) is -0.0344. The number of hydrogen-bond acceptors (Lipinski definition) is 3. The van der Waals surface area contributed by atoms with E-state index in [2.05, 4.69) is 5.32 Å². The Balaban J connectivity index is 1.90. The molecule has 2 rings (SSSR count). The van der Waals surface area contributed by atoms with Crippen LogP contribution in [0.1, 0.15) is 5.56 Å². The molecular formula is C17H19ClN2OS. The van der Waals surface area contributed by atoms with Gasteiger partial charge in [0, 0.05) is 22.2 Å². The lowest BCUT2D eigenvalue weighted by molar-refractivity contribution is -0.117. The third-order valence-electron chi connectivity index (χ3n) is 3.17. The summed E-state index contributed by atoms with van der Waals surface area (Å²) in [6.45, 7) is 0.951. The molecule has 2 aromatic carbocycles. The lowest BCUT2D eigenvalue weighted by Gasteiger charge is -2.17. The summed E-state index contributed by atoms with van der Waals surface area (Å²) in [5, 5.41) is 3.65. The lowest BCUT2D eigenvalue weighted by atomic mass is 10.2. The van der Waals surface area contributed by atoms with Gasteiger partial charge < -0.3 is 5.32 Å². The zero-order valence-electron chi connectivity index (χ0n) is 12.7. The van der Waals surface area contributed by atoms with Crippen molar-refractivity contribution in [2.75, 3.05) is 25.2 Å². The van der Waals surface area contributed by atoms with E-state index in [0.717, 1.165) is 21.2 Å². The molecule has 0 spiro atoms. The molecule has 0 radical (unpaired) electrons. The molecule has 0 atom stereocenters. The van der Waals surface area contributed by atoms with E-state index in [9.17, 15) is 4.79 Å². The molecule has 0 unspecified atom stereocenters. The predicted molar refractivity (Wildman–Crippen MR) is 94.6 cm³/mol. The Morgan fingerprint density at radius 3 is 2.73 bits per heavy atom. The largest absolute Gasteiger partial charge is 0.325 e. The second-order valence-corrected chi connectivity index (χ2v) is 6.33. The fourth-order valence-electron chi connectivity index (χ4n) is 2.12. The summed E-state index contributed by atoms with van der Waals surface area (Å²) in [4.78, 5) is 15.2. The second kappa shape index (κ2) is 8.22. The number of nitrogens with zero attached hydrogens (tertiary/aromatic N) is 1. The van der Waals surface area contributed by atoms with Gasteiger partial charge in [0.15, 0.2) is 0 Å². The van der Waals surface area contributed by atoms with Crippen molar-refractivity contribution in [3.63, 3.8) is 0 Å².